The van der Waals surface area contributed by atoms with Crippen molar-refractivity contribution < 1.29 is 18.0 Å². The summed E-state index contributed by atoms with van der Waals surface area (Å²) in [5.41, 5.74) is 1.66. The summed E-state index contributed by atoms with van der Waals surface area (Å²) < 4.78 is 25.8. The van der Waals surface area contributed by atoms with Gasteiger partial charge in [-0.2, -0.15) is 0 Å². The molecular weight excluding hydrogens is 340 g/mol. The Labute approximate surface area is 149 Å². The number of piperidine rings is 1. The maximum Gasteiger partial charge on any atom is 0.220 e. The zero-order valence-corrected chi connectivity index (χ0v) is 15.5. The Hall–Kier alpha value is -1.73. The van der Waals surface area contributed by atoms with E-state index in [0.29, 0.717) is 18.7 Å². The highest BCUT2D eigenvalue weighted by molar-refractivity contribution is 7.89. The number of aryl methyl sites for hydroxylation is 1. The lowest BCUT2D eigenvalue weighted by atomic mass is 10.1. The van der Waals surface area contributed by atoms with Gasteiger partial charge in [0.1, 0.15) is 0 Å². The van der Waals surface area contributed by atoms with Crippen molar-refractivity contribution in [2.45, 2.75) is 39.0 Å². The van der Waals surface area contributed by atoms with Gasteiger partial charge >= 0.3 is 0 Å². The number of nitrogens with one attached hydrogen (secondary N) is 1. The fourth-order valence-corrected chi connectivity index (χ4v) is 4.22. The first-order valence-corrected chi connectivity index (χ1v) is 10.3. The van der Waals surface area contributed by atoms with E-state index >= 15 is 0 Å². The van der Waals surface area contributed by atoms with E-state index in [2.05, 4.69) is 5.32 Å². The molecule has 1 aromatic carbocycles. The second kappa shape index (κ2) is 9.10. The number of rotatable bonds is 8. The summed E-state index contributed by atoms with van der Waals surface area (Å²) in [7, 11) is -3.31. The number of benzene rings is 1. The van der Waals surface area contributed by atoms with Gasteiger partial charge in [-0.3, -0.25) is 9.59 Å². The molecule has 0 atom stereocenters. The number of sulfonamides is 1. The van der Waals surface area contributed by atoms with Gasteiger partial charge in [-0.25, -0.2) is 12.7 Å². The number of ketones is 1. The lowest BCUT2D eigenvalue weighted by Crippen LogP contribution is -2.40. The van der Waals surface area contributed by atoms with E-state index in [9.17, 15) is 18.0 Å². The van der Waals surface area contributed by atoms with E-state index in [1.807, 2.05) is 19.1 Å². The first kappa shape index (κ1) is 19.6. The predicted octanol–water partition coefficient (Wildman–Crippen LogP) is 1.89. The van der Waals surface area contributed by atoms with Gasteiger partial charge in [0, 0.05) is 38.0 Å². The molecular formula is C18H26N2O4S. The summed E-state index contributed by atoms with van der Waals surface area (Å²) in [5, 5.41) is 2.60. The molecule has 7 heteroatoms. The van der Waals surface area contributed by atoms with Crippen LogP contribution in [-0.2, 0) is 14.8 Å². The normalized spacial score (nSPS) is 15.7. The van der Waals surface area contributed by atoms with Gasteiger partial charge in [0.2, 0.25) is 15.9 Å². The van der Waals surface area contributed by atoms with Crippen LogP contribution in [-0.4, -0.2) is 49.8 Å². The highest BCUT2D eigenvalue weighted by Gasteiger charge is 2.23. The van der Waals surface area contributed by atoms with Crippen molar-refractivity contribution in [1.29, 1.82) is 0 Å². The average Bonchev–Trinajstić information content (AvgIpc) is 2.61. The van der Waals surface area contributed by atoms with Crippen molar-refractivity contribution in [3.05, 3.63) is 35.4 Å². The first-order chi connectivity index (χ1) is 11.9. The minimum absolute atomic E-state index is 0.0659. The minimum atomic E-state index is -3.31. The van der Waals surface area contributed by atoms with Gasteiger partial charge in [-0.05, 0) is 19.8 Å². The van der Waals surface area contributed by atoms with Crippen molar-refractivity contribution in [2.75, 3.05) is 25.4 Å². The summed E-state index contributed by atoms with van der Waals surface area (Å²) in [5.74, 6) is -0.477. The van der Waals surface area contributed by atoms with Gasteiger partial charge in [-0.1, -0.05) is 36.2 Å². The predicted molar refractivity (Wildman–Crippen MR) is 97.0 cm³/mol. The van der Waals surface area contributed by atoms with Crippen molar-refractivity contribution in [3.8, 4) is 0 Å². The molecule has 1 aliphatic rings. The summed E-state index contributed by atoms with van der Waals surface area (Å²) in [6.45, 7) is 3.17. The van der Waals surface area contributed by atoms with E-state index in [-0.39, 0.29) is 36.8 Å². The van der Waals surface area contributed by atoms with Crippen LogP contribution in [0.4, 0.5) is 0 Å². The second-order valence-electron chi connectivity index (χ2n) is 6.41. The maximum atomic E-state index is 12.2. The van der Waals surface area contributed by atoms with Gasteiger partial charge in [0.25, 0.3) is 0 Å². The number of nitrogens with zero attached hydrogens (tertiary/aromatic N) is 1. The molecule has 1 aliphatic heterocycles. The van der Waals surface area contributed by atoms with Crippen LogP contribution < -0.4 is 5.32 Å². The Bertz CT molecular complexity index is 692. The van der Waals surface area contributed by atoms with Crippen LogP contribution in [0, 0.1) is 6.92 Å². The Balaban J connectivity index is 1.70. The Kier molecular flexibility index (Phi) is 7.13. The van der Waals surface area contributed by atoms with Crippen molar-refractivity contribution >= 4 is 21.7 Å². The van der Waals surface area contributed by atoms with Crippen molar-refractivity contribution in [2.24, 2.45) is 0 Å². The van der Waals surface area contributed by atoms with E-state index in [0.717, 1.165) is 24.8 Å². The first-order valence-electron chi connectivity index (χ1n) is 8.73. The van der Waals surface area contributed by atoms with Crippen LogP contribution >= 0.6 is 0 Å². The molecule has 0 radical (unpaired) electrons. The molecule has 0 saturated carbocycles. The third kappa shape index (κ3) is 6.25. The smallest absolute Gasteiger partial charge is 0.220 e. The van der Waals surface area contributed by atoms with Crippen molar-refractivity contribution in [1.82, 2.24) is 9.62 Å². The number of Topliss-reactive ketones (excluding diaryl/α,β-unsaturated/α-hetero) is 1. The third-order valence-electron chi connectivity index (χ3n) is 4.34. The Morgan fingerprint density at radius 1 is 1.04 bits per heavy atom. The fraction of sp³-hybridized carbons (Fsp3) is 0.556. The third-order valence-corrected chi connectivity index (χ3v) is 6.22. The molecule has 1 N–H and O–H groups in total. The number of amides is 1. The fourth-order valence-electron chi connectivity index (χ4n) is 2.79. The van der Waals surface area contributed by atoms with Crippen molar-refractivity contribution in [3.63, 3.8) is 0 Å². The Morgan fingerprint density at radius 3 is 2.32 bits per heavy atom. The second-order valence-corrected chi connectivity index (χ2v) is 8.50. The molecule has 6 nitrogen and oxygen atoms in total. The van der Waals surface area contributed by atoms with E-state index < -0.39 is 10.0 Å². The lowest BCUT2D eigenvalue weighted by molar-refractivity contribution is -0.120. The molecule has 0 aromatic heterocycles. The number of carbonyl (C=O) groups excluding carboxylic acids is 2. The topological polar surface area (TPSA) is 83.5 Å². The zero-order valence-electron chi connectivity index (χ0n) is 14.7. The highest BCUT2D eigenvalue weighted by Crippen LogP contribution is 2.13. The molecule has 138 valence electrons. The summed E-state index contributed by atoms with van der Waals surface area (Å²) >= 11 is 0. The van der Waals surface area contributed by atoms with Gasteiger partial charge in [0.15, 0.2) is 5.78 Å². The summed E-state index contributed by atoms with van der Waals surface area (Å²) in [6, 6.07) is 7.22. The molecule has 0 spiro atoms. The molecule has 1 aromatic rings. The Morgan fingerprint density at radius 2 is 1.68 bits per heavy atom. The van der Waals surface area contributed by atoms with Crippen LogP contribution in [0.15, 0.2) is 24.3 Å². The van der Waals surface area contributed by atoms with Gasteiger partial charge in [-0.15, -0.1) is 0 Å². The van der Waals surface area contributed by atoms with Gasteiger partial charge < -0.3 is 5.32 Å². The van der Waals surface area contributed by atoms with Crippen LogP contribution in [0.25, 0.3) is 0 Å². The average molecular weight is 366 g/mol. The summed E-state index contributed by atoms with van der Waals surface area (Å²) in [4.78, 5) is 23.8. The molecule has 1 heterocycles. The van der Waals surface area contributed by atoms with E-state index in [1.54, 1.807) is 12.1 Å². The molecule has 1 fully saturated rings. The van der Waals surface area contributed by atoms with Crippen LogP contribution in [0.1, 0.15) is 48.0 Å². The monoisotopic (exact) mass is 366 g/mol. The van der Waals surface area contributed by atoms with Gasteiger partial charge in [0.05, 0.1) is 5.75 Å². The highest BCUT2D eigenvalue weighted by atomic mass is 32.2. The minimum Gasteiger partial charge on any atom is -0.355 e. The van der Waals surface area contributed by atoms with Crippen LogP contribution in [0.2, 0.25) is 0 Å². The SMILES string of the molecule is Cc1ccc(C(=O)CCC(=O)NCCS(=O)(=O)N2CCCCC2)cc1. The summed E-state index contributed by atoms with van der Waals surface area (Å²) in [6.07, 6.45) is 3.04. The molecule has 0 aliphatic carbocycles. The quantitative estimate of drug-likeness (QED) is 0.712. The zero-order chi connectivity index (χ0) is 18.3. The molecule has 2 rings (SSSR count). The molecule has 1 amide bonds. The molecule has 1 saturated heterocycles. The molecule has 25 heavy (non-hydrogen) atoms. The standard InChI is InChI=1S/C18H26N2O4S/c1-15-5-7-16(8-6-15)17(21)9-10-18(22)19-11-14-25(23,24)20-12-3-2-4-13-20/h5-8H,2-4,9-14H2,1H3,(H,19,22). The lowest BCUT2D eigenvalue weighted by Gasteiger charge is -2.25. The van der Waals surface area contributed by atoms with E-state index in [4.69, 9.17) is 0 Å². The number of hydrogen-bond acceptors (Lipinski definition) is 4. The molecule has 0 unspecified atom stereocenters. The largest absolute Gasteiger partial charge is 0.355 e. The van der Waals surface area contributed by atoms with Crippen LogP contribution in [0.3, 0.4) is 0 Å². The number of hydrogen-bond donors (Lipinski definition) is 1. The maximum absolute atomic E-state index is 12.2. The van der Waals surface area contributed by atoms with E-state index in [1.165, 1.54) is 4.31 Å². The van der Waals surface area contributed by atoms with Crippen LogP contribution in [0.5, 0.6) is 0 Å². The number of carbonyl (C=O) groups is 2. The molecule has 0 bridgehead atoms.